The molecule has 0 aromatic heterocycles. The molecule has 1 aliphatic carbocycles. The Morgan fingerprint density at radius 1 is 1.39 bits per heavy atom. The Labute approximate surface area is 146 Å². The molecule has 6 heteroatoms. The number of hydrogen-bond acceptors (Lipinski definition) is 2. The molecule has 0 bridgehead atoms. The van der Waals surface area contributed by atoms with Crippen LogP contribution in [0.3, 0.4) is 0 Å². The molecule has 0 radical (unpaired) electrons. The fourth-order valence-corrected chi connectivity index (χ4v) is 1.55. The van der Waals surface area contributed by atoms with Gasteiger partial charge in [0.05, 0.1) is 0 Å². The summed E-state index contributed by atoms with van der Waals surface area (Å²) < 4.78 is 5.21. The number of ether oxygens (including phenoxy) is 1. The van der Waals surface area contributed by atoms with Crippen molar-refractivity contribution in [2.45, 2.75) is 25.9 Å². The second kappa shape index (κ2) is 12.5. The zero-order chi connectivity index (χ0) is 11.8. The van der Waals surface area contributed by atoms with Crippen LogP contribution < -0.4 is 5.32 Å². The summed E-state index contributed by atoms with van der Waals surface area (Å²) in [5, 5.41) is 2.61. The summed E-state index contributed by atoms with van der Waals surface area (Å²) in [4.78, 5) is 11.3. The Kier molecular flexibility index (Phi) is 14.4. The molecule has 98 valence electrons. The van der Waals surface area contributed by atoms with Crippen LogP contribution in [-0.2, 0) is 56.4 Å². The monoisotopic (exact) mass is 583 g/mol. The molecule has 2 N–H and O–H groups in total. The van der Waals surface area contributed by atoms with E-state index in [4.69, 9.17) is 10.5 Å². The van der Waals surface area contributed by atoms with Crippen molar-refractivity contribution in [2.24, 2.45) is 5.92 Å². The van der Waals surface area contributed by atoms with Gasteiger partial charge in [0, 0.05) is 64.1 Å². The number of rotatable bonds is 6. The van der Waals surface area contributed by atoms with Crippen molar-refractivity contribution < 1.29 is 61.2 Å². The Bertz CT molecular complexity index is 283. The van der Waals surface area contributed by atoms with Gasteiger partial charge in [-0.3, -0.25) is 0 Å². The van der Waals surface area contributed by atoms with Crippen LogP contribution in [0.4, 0.5) is 4.79 Å². The normalized spacial score (nSPS) is 20.6. The van der Waals surface area contributed by atoms with E-state index in [1.54, 1.807) is 12.2 Å². The van der Waals surface area contributed by atoms with Crippen molar-refractivity contribution in [2.75, 3.05) is 13.1 Å². The molecule has 0 fully saturated rings. The van der Waals surface area contributed by atoms with E-state index >= 15 is 0 Å². The van der Waals surface area contributed by atoms with Gasteiger partial charge < -0.3 is 15.8 Å². The topological polar surface area (TPSA) is 62.1 Å². The number of carbonyl (C=O) groups is 1. The summed E-state index contributed by atoms with van der Waals surface area (Å²) in [6, 6.07) is 0. The minimum absolute atomic E-state index is 0. The largest absolute Gasteiger partial charge is 0.674 e. The quantitative estimate of drug-likeness (QED) is 0.388. The Morgan fingerprint density at radius 2 is 2.11 bits per heavy atom. The van der Waals surface area contributed by atoms with Gasteiger partial charge >= 0.3 is 6.09 Å². The van der Waals surface area contributed by atoms with Crippen LogP contribution >= 0.6 is 0 Å². The maximum atomic E-state index is 11.3. The van der Waals surface area contributed by atoms with Crippen LogP contribution in [0, 0.1) is 5.92 Å². The third-order valence-electron chi connectivity index (χ3n) is 2.48. The predicted molar refractivity (Wildman–Crippen MR) is 64.1 cm³/mol. The summed E-state index contributed by atoms with van der Waals surface area (Å²) >= 11 is 0. The molecule has 2 atom stereocenters. The molecule has 0 saturated carbocycles. The van der Waals surface area contributed by atoms with Crippen molar-refractivity contribution in [3.05, 3.63) is 30.0 Å². The van der Waals surface area contributed by atoms with Gasteiger partial charge in [-0.1, -0.05) is 25.5 Å². The second-order valence-electron chi connectivity index (χ2n) is 3.76. The van der Waals surface area contributed by atoms with Gasteiger partial charge in [-0.25, -0.2) is 4.79 Å². The van der Waals surface area contributed by atoms with Gasteiger partial charge in [0.2, 0.25) is 0 Å². The summed E-state index contributed by atoms with van der Waals surface area (Å²) in [5.74, 6) is 0.388. The van der Waals surface area contributed by atoms with Crippen molar-refractivity contribution >= 4 is 6.09 Å². The first-order valence-electron chi connectivity index (χ1n) is 5.70. The summed E-state index contributed by atoms with van der Waals surface area (Å²) in [6.45, 7) is 2.78. The van der Waals surface area contributed by atoms with Crippen molar-refractivity contribution in [1.82, 2.24) is 5.32 Å². The Hall–Kier alpha value is 0.450. The van der Waals surface area contributed by atoms with Crippen molar-refractivity contribution in [1.29, 1.82) is 0 Å². The molecular formula is C12H19Hf2N2O2-. The molecule has 1 aliphatic rings. The third kappa shape index (κ3) is 7.79. The molecule has 18 heavy (non-hydrogen) atoms. The summed E-state index contributed by atoms with van der Waals surface area (Å²) in [7, 11) is 0. The van der Waals surface area contributed by atoms with Crippen LogP contribution in [0.5, 0.6) is 0 Å². The van der Waals surface area contributed by atoms with E-state index in [9.17, 15) is 4.79 Å². The van der Waals surface area contributed by atoms with Gasteiger partial charge in [0.25, 0.3) is 0 Å². The predicted octanol–water partition coefficient (Wildman–Crippen LogP) is 2.67. The van der Waals surface area contributed by atoms with Crippen LogP contribution in [0.2, 0.25) is 0 Å². The van der Waals surface area contributed by atoms with E-state index in [0.29, 0.717) is 12.5 Å². The molecule has 0 spiro atoms. The van der Waals surface area contributed by atoms with Crippen LogP contribution in [0.15, 0.2) is 24.3 Å². The Balaban J connectivity index is 0. The van der Waals surface area contributed by atoms with E-state index in [-0.39, 0.29) is 70.4 Å². The fourth-order valence-electron chi connectivity index (χ4n) is 1.55. The SMILES string of the molecule is CCC[C@@H]1C=CC1OC(=O)NC/C=C/C[NH-].[Hf].[Hf]. The zero-order valence-electron chi connectivity index (χ0n) is 10.6. The molecule has 1 rings (SSSR count). The minimum Gasteiger partial charge on any atom is -0.674 e. The van der Waals surface area contributed by atoms with Gasteiger partial charge in [0.15, 0.2) is 0 Å². The van der Waals surface area contributed by atoms with E-state index in [0.717, 1.165) is 12.8 Å². The van der Waals surface area contributed by atoms with E-state index < -0.39 is 0 Å². The minimum atomic E-state index is -0.384. The van der Waals surface area contributed by atoms with E-state index in [1.165, 1.54) is 0 Å². The zero-order valence-corrected chi connectivity index (χ0v) is 17.8. The third-order valence-corrected chi connectivity index (χ3v) is 2.48. The summed E-state index contributed by atoms with van der Waals surface area (Å²) in [6.07, 6.45) is 9.15. The van der Waals surface area contributed by atoms with Crippen LogP contribution in [0.25, 0.3) is 5.73 Å². The van der Waals surface area contributed by atoms with E-state index in [2.05, 4.69) is 18.3 Å². The average molecular weight is 580 g/mol. The standard InChI is InChI=1S/C12H19N2O2.2Hf/c1-2-5-10-6-7-11(10)16-12(15)14-9-4-3-8-13;;/h3-4,6-7,10-11,13H,2,5,8-9H2,1H3,(H,14,15);;/q-1;;/b4-3+;;/t10-,11?;;/m1../s1. The van der Waals surface area contributed by atoms with Gasteiger partial charge in [-0.05, 0) is 12.5 Å². The average Bonchev–Trinajstić information content (AvgIpc) is 2.27. The Morgan fingerprint density at radius 3 is 2.61 bits per heavy atom. The molecule has 0 saturated heterocycles. The molecule has 0 aliphatic heterocycles. The molecule has 4 nitrogen and oxygen atoms in total. The van der Waals surface area contributed by atoms with Gasteiger partial charge in [-0.2, -0.15) is 0 Å². The number of nitrogens with one attached hydrogen (secondary N) is 2. The van der Waals surface area contributed by atoms with Crippen molar-refractivity contribution in [3.8, 4) is 0 Å². The van der Waals surface area contributed by atoms with Gasteiger partial charge in [-0.15, -0.1) is 12.6 Å². The molecule has 1 amide bonds. The first-order valence-corrected chi connectivity index (χ1v) is 5.70. The number of carbonyl (C=O) groups excluding carboxylic acids is 1. The summed E-state index contributed by atoms with van der Waals surface area (Å²) in [5.41, 5.74) is 6.87. The molecule has 1 unspecified atom stereocenters. The fraction of sp³-hybridized carbons (Fsp3) is 0.583. The van der Waals surface area contributed by atoms with E-state index in [1.807, 2.05) is 6.08 Å². The first-order chi connectivity index (χ1) is 7.77. The second-order valence-corrected chi connectivity index (χ2v) is 3.76. The maximum Gasteiger partial charge on any atom is 0.407 e. The molecule has 0 heterocycles. The maximum absolute atomic E-state index is 11.3. The number of alkyl carbamates (subject to hydrolysis) is 1. The van der Waals surface area contributed by atoms with Crippen LogP contribution in [0.1, 0.15) is 19.8 Å². The molecule has 0 aromatic rings. The molecule has 0 aromatic carbocycles. The van der Waals surface area contributed by atoms with Crippen molar-refractivity contribution in [3.63, 3.8) is 0 Å². The van der Waals surface area contributed by atoms with Gasteiger partial charge in [0.1, 0.15) is 6.10 Å². The number of amides is 1. The van der Waals surface area contributed by atoms with Crippen LogP contribution in [-0.4, -0.2) is 25.3 Å². The first kappa shape index (κ1) is 20.8. The number of hydrogen-bond donors (Lipinski definition) is 1. The smallest absolute Gasteiger partial charge is 0.407 e. The molecular weight excluding hydrogens is 561 g/mol.